The molecule has 1 aromatic rings. The molecule has 5 nitrogen and oxygen atoms in total. The maximum Gasteiger partial charge on any atom is 0.186 e. The number of hydrogen-bond donors (Lipinski definition) is 2. The second kappa shape index (κ2) is 7.51. The van der Waals surface area contributed by atoms with E-state index < -0.39 is 0 Å². The molecule has 0 aliphatic carbocycles. The van der Waals surface area contributed by atoms with Crippen molar-refractivity contribution in [2.75, 3.05) is 20.3 Å². The molecule has 0 atom stereocenters. The fraction of sp³-hybridized carbons (Fsp3) is 0.417. The molecule has 4 N–H and O–H groups in total. The minimum Gasteiger partial charge on any atom is -0.493 e. The maximum atomic E-state index is 5.56. The third-order valence-corrected chi connectivity index (χ3v) is 2.10. The Balaban J connectivity index is 2.45. The minimum atomic E-state index is 0.0939. The number of benzene rings is 1. The first-order valence-corrected chi connectivity index (χ1v) is 5.48. The highest BCUT2D eigenvalue weighted by molar-refractivity contribution is 5.75. The number of nitrogens with two attached hydrogens (primary N) is 2. The molecule has 1 aromatic carbocycles. The van der Waals surface area contributed by atoms with Crippen LogP contribution in [-0.2, 0) is 11.3 Å². The second-order valence-electron chi connectivity index (χ2n) is 3.58. The summed E-state index contributed by atoms with van der Waals surface area (Å²) in [5, 5.41) is 0. The summed E-state index contributed by atoms with van der Waals surface area (Å²) in [6.45, 7) is 1.81. The van der Waals surface area contributed by atoms with E-state index in [1.165, 1.54) is 0 Å². The van der Waals surface area contributed by atoms with Crippen LogP contribution in [0.1, 0.15) is 12.0 Å². The van der Waals surface area contributed by atoms with Crippen LogP contribution < -0.4 is 16.2 Å². The summed E-state index contributed by atoms with van der Waals surface area (Å²) >= 11 is 0. The quantitative estimate of drug-likeness (QED) is 0.419. The molecular formula is C12H19N3O2. The van der Waals surface area contributed by atoms with Crippen LogP contribution in [-0.4, -0.2) is 26.3 Å². The molecule has 0 aliphatic rings. The van der Waals surface area contributed by atoms with E-state index in [2.05, 4.69) is 4.99 Å². The molecule has 0 saturated carbocycles. The van der Waals surface area contributed by atoms with Crippen molar-refractivity contribution in [2.24, 2.45) is 16.5 Å². The average molecular weight is 237 g/mol. The number of hydrogen-bond acceptors (Lipinski definition) is 3. The van der Waals surface area contributed by atoms with Gasteiger partial charge in [0.25, 0.3) is 0 Å². The van der Waals surface area contributed by atoms with Crippen molar-refractivity contribution >= 4 is 5.96 Å². The minimum absolute atomic E-state index is 0.0939. The Morgan fingerprint density at radius 2 is 2.12 bits per heavy atom. The fourth-order valence-corrected chi connectivity index (χ4v) is 1.31. The Morgan fingerprint density at radius 1 is 1.29 bits per heavy atom. The molecule has 0 bridgehead atoms. The van der Waals surface area contributed by atoms with Gasteiger partial charge in [-0.05, 0) is 17.7 Å². The molecular weight excluding hydrogens is 218 g/mol. The van der Waals surface area contributed by atoms with Gasteiger partial charge in [-0.3, -0.25) is 0 Å². The Bertz CT molecular complexity index is 363. The first-order valence-electron chi connectivity index (χ1n) is 5.48. The molecule has 17 heavy (non-hydrogen) atoms. The summed E-state index contributed by atoms with van der Waals surface area (Å²) in [7, 11) is 1.68. The van der Waals surface area contributed by atoms with Crippen LogP contribution in [0.2, 0.25) is 0 Å². The van der Waals surface area contributed by atoms with Crippen molar-refractivity contribution in [3.8, 4) is 5.75 Å². The lowest BCUT2D eigenvalue weighted by atomic mass is 10.2. The van der Waals surface area contributed by atoms with E-state index in [0.717, 1.165) is 17.7 Å². The van der Waals surface area contributed by atoms with Crippen LogP contribution in [0.5, 0.6) is 5.75 Å². The van der Waals surface area contributed by atoms with Crippen molar-refractivity contribution in [1.29, 1.82) is 0 Å². The summed E-state index contributed by atoms with van der Waals surface area (Å²) in [4.78, 5) is 3.94. The van der Waals surface area contributed by atoms with Crippen LogP contribution in [0.15, 0.2) is 29.3 Å². The van der Waals surface area contributed by atoms with E-state index in [-0.39, 0.29) is 5.96 Å². The summed E-state index contributed by atoms with van der Waals surface area (Å²) in [6, 6.07) is 7.71. The van der Waals surface area contributed by atoms with E-state index in [1.807, 2.05) is 24.3 Å². The molecule has 0 amide bonds. The monoisotopic (exact) mass is 237 g/mol. The van der Waals surface area contributed by atoms with Crippen LogP contribution in [0.3, 0.4) is 0 Å². The lowest BCUT2D eigenvalue weighted by Crippen LogP contribution is -2.22. The predicted octanol–water partition coefficient (Wildman–Crippen LogP) is 0.875. The lowest BCUT2D eigenvalue weighted by molar-refractivity contribution is 0.172. The zero-order valence-corrected chi connectivity index (χ0v) is 10.1. The number of aliphatic imine (C=N–C) groups is 1. The molecule has 0 saturated heterocycles. The molecule has 0 radical (unpaired) electrons. The van der Waals surface area contributed by atoms with Crippen molar-refractivity contribution in [3.63, 3.8) is 0 Å². The number of rotatable bonds is 7. The molecule has 94 valence electrons. The molecule has 0 aliphatic heterocycles. The Hall–Kier alpha value is -1.75. The van der Waals surface area contributed by atoms with Crippen molar-refractivity contribution in [2.45, 2.75) is 13.0 Å². The average Bonchev–Trinajstić information content (AvgIpc) is 2.33. The SMILES string of the molecule is COCCCOc1cccc(CN=C(N)N)c1. The Labute approximate surface area is 101 Å². The van der Waals surface area contributed by atoms with Crippen LogP contribution in [0, 0.1) is 0 Å². The van der Waals surface area contributed by atoms with Gasteiger partial charge >= 0.3 is 0 Å². The van der Waals surface area contributed by atoms with E-state index >= 15 is 0 Å². The number of guanidine groups is 1. The highest BCUT2D eigenvalue weighted by Gasteiger charge is 1.96. The third kappa shape index (κ3) is 5.77. The van der Waals surface area contributed by atoms with Crippen molar-refractivity contribution in [1.82, 2.24) is 0 Å². The smallest absolute Gasteiger partial charge is 0.186 e. The fourth-order valence-electron chi connectivity index (χ4n) is 1.31. The van der Waals surface area contributed by atoms with E-state index in [9.17, 15) is 0 Å². The molecule has 0 spiro atoms. The highest BCUT2D eigenvalue weighted by Crippen LogP contribution is 2.14. The van der Waals surface area contributed by atoms with Gasteiger partial charge in [0.1, 0.15) is 5.75 Å². The number of methoxy groups -OCH3 is 1. The van der Waals surface area contributed by atoms with Gasteiger partial charge < -0.3 is 20.9 Å². The summed E-state index contributed by atoms with van der Waals surface area (Å²) in [5.41, 5.74) is 11.6. The van der Waals surface area contributed by atoms with Gasteiger partial charge in [-0.25, -0.2) is 4.99 Å². The van der Waals surface area contributed by atoms with Crippen LogP contribution in [0.25, 0.3) is 0 Å². The van der Waals surface area contributed by atoms with Crippen LogP contribution >= 0.6 is 0 Å². The van der Waals surface area contributed by atoms with Gasteiger partial charge in [0.05, 0.1) is 13.2 Å². The molecule has 0 heterocycles. The van der Waals surface area contributed by atoms with Crippen molar-refractivity contribution in [3.05, 3.63) is 29.8 Å². The van der Waals surface area contributed by atoms with Gasteiger partial charge in [-0.2, -0.15) is 0 Å². The second-order valence-corrected chi connectivity index (χ2v) is 3.58. The van der Waals surface area contributed by atoms with E-state index in [4.69, 9.17) is 20.9 Å². The molecule has 0 fully saturated rings. The Morgan fingerprint density at radius 3 is 2.82 bits per heavy atom. The normalized spacial score (nSPS) is 9.94. The predicted molar refractivity (Wildman–Crippen MR) is 67.9 cm³/mol. The first kappa shape index (κ1) is 13.3. The van der Waals surface area contributed by atoms with E-state index in [0.29, 0.717) is 19.8 Å². The molecule has 5 heteroatoms. The standard InChI is InChI=1S/C12H19N3O2/c1-16-6-3-7-17-11-5-2-4-10(8-11)9-15-12(13)14/h2,4-5,8H,3,6-7,9H2,1H3,(H4,13,14,15). The Kier molecular flexibility index (Phi) is 5.88. The largest absolute Gasteiger partial charge is 0.493 e. The highest BCUT2D eigenvalue weighted by atomic mass is 16.5. The summed E-state index contributed by atoms with van der Waals surface area (Å²) < 4.78 is 10.5. The molecule has 0 unspecified atom stereocenters. The number of ether oxygens (including phenoxy) is 2. The lowest BCUT2D eigenvalue weighted by Gasteiger charge is -2.07. The topological polar surface area (TPSA) is 82.9 Å². The van der Waals surface area contributed by atoms with Gasteiger partial charge in [0.2, 0.25) is 0 Å². The van der Waals surface area contributed by atoms with Gasteiger partial charge in [-0.15, -0.1) is 0 Å². The maximum absolute atomic E-state index is 5.56. The van der Waals surface area contributed by atoms with Gasteiger partial charge in [-0.1, -0.05) is 12.1 Å². The molecule has 1 rings (SSSR count). The van der Waals surface area contributed by atoms with Gasteiger partial charge in [0.15, 0.2) is 5.96 Å². The molecule has 0 aromatic heterocycles. The summed E-state index contributed by atoms with van der Waals surface area (Å²) in [6.07, 6.45) is 0.870. The van der Waals surface area contributed by atoms with Crippen LogP contribution in [0.4, 0.5) is 0 Å². The zero-order chi connectivity index (χ0) is 12.5. The van der Waals surface area contributed by atoms with Gasteiger partial charge in [0, 0.05) is 20.1 Å². The summed E-state index contributed by atoms with van der Waals surface area (Å²) in [5.74, 6) is 0.917. The zero-order valence-electron chi connectivity index (χ0n) is 10.1. The van der Waals surface area contributed by atoms with Crippen molar-refractivity contribution < 1.29 is 9.47 Å². The van der Waals surface area contributed by atoms with E-state index in [1.54, 1.807) is 7.11 Å². The number of nitrogens with zero attached hydrogens (tertiary/aromatic N) is 1. The third-order valence-electron chi connectivity index (χ3n) is 2.10. The first-order chi connectivity index (χ1) is 8.22.